The Kier molecular flexibility index (Phi) is 6.11. The third-order valence-electron chi connectivity index (χ3n) is 2.87. The highest BCUT2D eigenvalue weighted by atomic mass is 16.2. The lowest BCUT2D eigenvalue weighted by Crippen LogP contribution is -2.32. The van der Waals surface area contributed by atoms with E-state index in [0.717, 1.165) is 18.5 Å². The van der Waals surface area contributed by atoms with Gasteiger partial charge in [-0.15, -0.1) is 0 Å². The van der Waals surface area contributed by atoms with E-state index in [4.69, 9.17) is 5.11 Å². The third kappa shape index (κ3) is 4.11. The van der Waals surface area contributed by atoms with E-state index in [1.807, 2.05) is 36.9 Å². The molecule has 102 valence electrons. The standard InChI is InChI=1S/C16H21NO2/c1-4-10-17(5-2)16(19)15-12-13(3)8-9-14(15)7-6-11-18/h8-9,12,18H,4-5,10-11H2,1-3H3. The van der Waals surface area contributed by atoms with E-state index < -0.39 is 0 Å². The summed E-state index contributed by atoms with van der Waals surface area (Å²) in [7, 11) is 0. The number of carbonyl (C=O) groups is 1. The van der Waals surface area contributed by atoms with Gasteiger partial charge >= 0.3 is 0 Å². The van der Waals surface area contributed by atoms with Gasteiger partial charge in [-0.3, -0.25) is 4.79 Å². The molecule has 1 N–H and O–H groups in total. The van der Waals surface area contributed by atoms with Crippen LogP contribution in [0.3, 0.4) is 0 Å². The van der Waals surface area contributed by atoms with E-state index in [1.165, 1.54) is 0 Å². The van der Waals surface area contributed by atoms with Crippen molar-refractivity contribution in [3.05, 3.63) is 34.9 Å². The van der Waals surface area contributed by atoms with Crippen LogP contribution in [0.15, 0.2) is 18.2 Å². The van der Waals surface area contributed by atoms with E-state index in [0.29, 0.717) is 17.7 Å². The maximum absolute atomic E-state index is 12.5. The van der Waals surface area contributed by atoms with Gasteiger partial charge in [0, 0.05) is 18.7 Å². The van der Waals surface area contributed by atoms with E-state index in [-0.39, 0.29) is 12.5 Å². The number of nitrogens with zero attached hydrogens (tertiary/aromatic N) is 1. The zero-order valence-corrected chi connectivity index (χ0v) is 11.9. The Bertz CT molecular complexity index is 497. The number of aryl methyl sites for hydroxylation is 1. The molecule has 0 heterocycles. The summed E-state index contributed by atoms with van der Waals surface area (Å²) in [6.07, 6.45) is 0.934. The van der Waals surface area contributed by atoms with Crippen LogP contribution in [0.1, 0.15) is 41.8 Å². The second-order valence-corrected chi connectivity index (χ2v) is 4.39. The molecule has 1 aromatic carbocycles. The molecule has 1 amide bonds. The van der Waals surface area contributed by atoms with Gasteiger partial charge < -0.3 is 10.0 Å². The van der Waals surface area contributed by atoms with Crippen molar-refractivity contribution in [1.82, 2.24) is 4.90 Å². The molecule has 0 radical (unpaired) electrons. The lowest BCUT2D eigenvalue weighted by atomic mass is 10.0. The van der Waals surface area contributed by atoms with Gasteiger partial charge in [0.05, 0.1) is 5.56 Å². The Labute approximate surface area is 115 Å². The molecule has 3 heteroatoms. The van der Waals surface area contributed by atoms with Gasteiger partial charge in [0.2, 0.25) is 0 Å². The lowest BCUT2D eigenvalue weighted by Gasteiger charge is -2.21. The van der Waals surface area contributed by atoms with E-state index in [9.17, 15) is 4.79 Å². The normalized spacial score (nSPS) is 9.68. The maximum Gasteiger partial charge on any atom is 0.255 e. The largest absolute Gasteiger partial charge is 0.384 e. The van der Waals surface area contributed by atoms with Crippen molar-refractivity contribution in [2.24, 2.45) is 0 Å². The number of rotatable bonds is 4. The van der Waals surface area contributed by atoms with Crippen molar-refractivity contribution in [3.63, 3.8) is 0 Å². The van der Waals surface area contributed by atoms with Crippen molar-refractivity contribution >= 4 is 5.91 Å². The SMILES string of the molecule is CCCN(CC)C(=O)c1cc(C)ccc1C#CCO. The van der Waals surface area contributed by atoms with Gasteiger partial charge in [0.25, 0.3) is 5.91 Å². The highest BCUT2D eigenvalue weighted by Gasteiger charge is 2.16. The van der Waals surface area contributed by atoms with Crippen molar-refractivity contribution < 1.29 is 9.90 Å². The number of amides is 1. The van der Waals surface area contributed by atoms with Gasteiger partial charge in [-0.05, 0) is 32.4 Å². The highest BCUT2D eigenvalue weighted by molar-refractivity contribution is 5.97. The topological polar surface area (TPSA) is 40.5 Å². The fourth-order valence-corrected chi connectivity index (χ4v) is 1.92. The summed E-state index contributed by atoms with van der Waals surface area (Å²) in [5, 5.41) is 8.78. The maximum atomic E-state index is 12.5. The molecule has 0 aliphatic rings. The third-order valence-corrected chi connectivity index (χ3v) is 2.87. The van der Waals surface area contributed by atoms with Gasteiger partial charge in [-0.2, -0.15) is 0 Å². The summed E-state index contributed by atoms with van der Waals surface area (Å²) >= 11 is 0. The number of hydrogen-bond acceptors (Lipinski definition) is 2. The van der Waals surface area contributed by atoms with Crippen LogP contribution in [-0.4, -0.2) is 35.6 Å². The molecule has 0 unspecified atom stereocenters. The smallest absolute Gasteiger partial charge is 0.255 e. The van der Waals surface area contributed by atoms with Crippen molar-refractivity contribution in [2.45, 2.75) is 27.2 Å². The highest BCUT2D eigenvalue weighted by Crippen LogP contribution is 2.14. The summed E-state index contributed by atoms with van der Waals surface area (Å²) in [6, 6.07) is 5.63. The molecule has 0 fully saturated rings. The molecule has 3 nitrogen and oxygen atoms in total. The summed E-state index contributed by atoms with van der Waals surface area (Å²) < 4.78 is 0. The predicted molar refractivity (Wildman–Crippen MR) is 77.0 cm³/mol. The number of hydrogen-bond donors (Lipinski definition) is 1. The van der Waals surface area contributed by atoms with E-state index >= 15 is 0 Å². The van der Waals surface area contributed by atoms with Crippen LogP contribution < -0.4 is 0 Å². The molecule has 0 spiro atoms. The Morgan fingerprint density at radius 2 is 2.11 bits per heavy atom. The Morgan fingerprint density at radius 1 is 1.37 bits per heavy atom. The lowest BCUT2D eigenvalue weighted by molar-refractivity contribution is 0.0764. The fourth-order valence-electron chi connectivity index (χ4n) is 1.92. The summed E-state index contributed by atoms with van der Waals surface area (Å²) in [5.74, 6) is 5.46. The number of aliphatic hydroxyl groups excluding tert-OH is 1. The minimum absolute atomic E-state index is 0.00953. The average molecular weight is 259 g/mol. The van der Waals surface area contributed by atoms with Crippen LogP contribution >= 0.6 is 0 Å². The van der Waals surface area contributed by atoms with E-state index in [1.54, 1.807) is 0 Å². The molecule has 0 atom stereocenters. The number of aliphatic hydroxyl groups is 1. The van der Waals surface area contributed by atoms with Gasteiger partial charge in [-0.25, -0.2) is 0 Å². The van der Waals surface area contributed by atoms with Gasteiger partial charge in [-0.1, -0.05) is 30.4 Å². The van der Waals surface area contributed by atoms with Gasteiger partial charge in [0.15, 0.2) is 0 Å². The second-order valence-electron chi connectivity index (χ2n) is 4.39. The molecule has 0 saturated carbocycles. The Hall–Kier alpha value is -1.79. The first-order valence-corrected chi connectivity index (χ1v) is 6.63. The minimum atomic E-state index is -0.200. The van der Waals surface area contributed by atoms with Crippen LogP contribution in [-0.2, 0) is 0 Å². The molecule has 0 bridgehead atoms. The predicted octanol–water partition coefficient (Wildman–Crippen LogP) is 2.21. The van der Waals surface area contributed by atoms with Crippen LogP contribution in [0.4, 0.5) is 0 Å². The fraction of sp³-hybridized carbons (Fsp3) is 0.438. The summed E-state index contributed by atoms with van der Waals surface area (Å²) in [4.78, 5) is 14.3. The van der Waals surface area contributed by atoms with Crippen LogP contribution in [0.2, 0.25) is 0 Å². The molecule has 0 aliphatic heterocycles. The van der Waals surface area contributed by atoms with Crippen LogP contribution in [0.5, 0.6) is 0 Å². The molecule has 0 aliphatic carbocycles. The first-order chi connectivity index (χ1) is 9.13. The zero-order valence-electron chi connectivity index (χ0n) is 11.9. The Balaban J connectivity index is 3.15. The molecule has 19 heavy (non-hydrogen) atoms. The molecule has 1 rings (SSSR count). The van der Waals surface area contributed by atoms with Crippen LogP contribution in [0, 0.1) is 18.8 Å². The number of benzene rings is 1. The Morgan fingerprint density at radius 3 is 2.68 bits per heavy atom. The number of carbonyl (C=O) groups excluding carboxylic acids is 1. The van der Waals surface area contributed by atoms with Crippen molar-refractivity contribution in [1.29, 1.82) is 0 Å². The first kappa shape index (κ1) is 15.3. The summed E-state index contributed by atoms with van der Waals surface area (Å²) in [5.41, 5.74) is 2.33. The first-order valence-electron chi connectivity index (χ1n) is 6.63. The van der Waals surface area contributed by atoms with Crippen molar-refractivity contribution in [3.8, 4) is 11.8 Å². The van der Waals surface area contributed by atoms with Crippen molar-refractivity contribution in [2.75, 3.05) is 19.7 Å². The molecule has 1 aromatic rings. The quantitative estimate of drug-likeness (QED) is 0.842. The van der Waals surface area contributed by atoms with Gasteiger partial charge in [0.1, 0.15) is 6.61 Å². The minimum Gasteiger partial charge on any atom is -0.384 e. The molecule has 0 saturated heterocycles. The molecular formula is C16H21NO2. The van der Waals surface area contributed by atoms with Crippen LogP contribution in [0.25, 0.3) is 0 Å². The molecule has 0 aromatic heterocycles. The second kappa shape index (κ2) is 7.60. The molecular weight excluding hydrogens is 238 g/mol. The van der Waals surface area contributed by atoms with E-state index in [2.05, 4.69) is 18.8 Å². The summed E-state index contributed by atoms with van der Waals surface area (Å²) in [6.45, 7) is 7.22. The monoisotopic (exact) mass is 259 g/mol. The zero-order chi connectivity index (χ0) is 14.3. The average Bonchev–Trinajstić information content (AvgIpc) is 2.42.